The summed E-state index contributed by atoms with van der Waals surface area (Å²) in [7, 11) is 1.90. The summed E-state index contributed by atoms with van der Waals surface area (Å²) in [6.45, 7) is 2.86. The number of rotatable bonds is 4. The van der Waals surface area contributed by atoms with Crippen LogP contribution in [0.2, 0.25) is 0 Å². The third-order valence-electron chi connectivity index (χ3n) is 2.48. The molecule has 0 fully saturated rings. The maximum atomic E-state index is 5.62. The molecule has 0 unspecified atom stereocenters. The van der Waals surface area contributed by atoms with Gasteiger partial charge in [-0.25, -0.2) is 0 Å². The molecule has 4 nitrogen and oxygen atoms in total. The molecule has 90 valence electrons. The van der Waals surface area contributed by atoms with Crippen LogP contribution in [0.3, 0.4) is 0 Å². The molecule has 0 aliphatic carbocycles. The highest BCUT2D eigenvalue weighted by molar-refractivity contribution is 9.10. The average molecular weight is 296 g/mol. The fraction of sp³-hybridized carbons (Fsp3) is 0.333. The highest BCUT2D eigenvalue weighted by Crippen LogP contribution is 2.29. The van der Waals surface area contributed by atoms with Crippen molar-refractivity contribution in [3.05, 3.63) is 34.1 Å². The third-order valence-corrected chi connectivity index (χ3v) is 3.53. The van der Waals surface area contributed by atoms with Crippen molar-refractivity contribution >= 4 is 15.9 Å². The molecule has 0 saturated carbocycles. The van der Waals surface area contributed by atoms with E-state index in [0.29, 0.717) is 11.8 Å². The van der Waals surface area contributed by atoms with Crippen LogP contribution in [0.1, 0.15) is 11.5 Å². The van der Waals surface area contributed by atoms with Crippen molar-refractivity contribution in [3.63, 3.8) is 0 Å². The normalized spacial score (nSPS) is 10.8. The molecule has 1 heterocycles. The second kappa shape index (κ2) is 5.42. The van der Waals surface area contributed by atoms with Crippen molar-refractivity contribution in [2.45, 2.75) is 13.3 Å². The van der Waals surface area contributed by atoms with Gasteiger partial charge in [-0.3, -0.25) is 0 Å². The molecule has 0 amide bonds. The van der Waals surface area contributed by atoms with Gasteiger partial charge in [0.1, 0.15) is 0 Å². The molecular formula is C12H14BrN3O. The van der Waals surface area contributed by atoms with Crippen LogP contribution in [0.5, 0.6) is 0 Å². The lowest BCUT2D eigenvalue weighted by atomic mass is 10.1. The Balaban J connectivity index is 2.27. The first-order valence-electron chi connectivity index (χ1n) is 5.45. The molecule has 2 aromatic rings. The number of nitrogens with one attached hydrogen (secondary N) is 1. The van der Waals surface area contributed by atoms with E-state index >= 15 is 0 Å². The van der Waals surface area contributed by atoms with E-state index in [4.69, 9.17) is 4.42 Å². The predicted octanol–water partition coefficient (Wildman–Crippen LogP) is 2.57. The number of halogens is 1. The van der Waals surface area contributed by atoms with Gasteiger partial charge >= 0.3 is 0 Å². The first kappa shape index (κ1) is 12.3. The number of hydrogen-bond acceptors (Lipinski definition) is 4. The Kier molecular flexibility index (Phi) is 3.91. The van der Waals surface area contributed by atoms with E-state index in [0.717, 1.165) is 28.6 Å². The second-order valence-electron chi connectivity index (χ2n) is 3.79. The van der Waals surface area contributed by atoms with Gasteiger partial charge in [-0.15, -0.1) is 10.2 Å². The first-order chi connectivity index (χ1) is 8.22. The number of nitrogens with zero attached hydrogens (tertiary/aromatic N) is 2. The fourth-order valence-electron chi connectivity index (χ4n) is 1.51. The van der Waals surface area contributed by atoms with Crippen LogP contribution in [0.25, 0.3) is 11.5 Å². The highest BCUT2D eigenvalue weighted by Gasteiger charge is 2.12. The molecule has 0 radical (unpaired) electrons. The molecule has 1 aromatic heterocycles. The summed E-state index contributed by atoms with van der Waals surface area (Å²) < 4.78 is 6.62. The average Bonchev–Trinajstić information content (AvgIpc) is 2.78. The quantitative estimate of drug-likeness (QED) is 0.942. The molecule has 17 heavy (non-hydrogen) atoms. The molecule has 0 saturated heterocycles. The van der Waals surface area contributed by atoms with Crippen LogP contribution >= 0.6 is 15.9 Å². The lowest BCUT2D eigenvalue weighted by Crippen LogP contribution is -2.10. The SMILES string of the molecule is CNCCc1nnc(-c2cccc(C)c2Br)o1. The van der Waals surface area contributed by atoms with E-state index in [1.54, 1.807) is 0 Å². The summed E-state index contributed by atoms with van der Waals surface area (Å²) in [6, 6.07) is 5.98. The maximum Gasteiger partial charge on any atom is 0.248 e. The number of aryl methyl sites for hydroxylation is 1. The summed E-state index contributed by atoms with van der Waals surface area (Å²) in [5, 5.41) is 11.1. The minimum Gasteiger partial charge on any atom is -0.421 e. The lowest BCUT2D eigenvalue weighted by molar-refractivity contribution is 0.500. The van der Waals surface area contributed by atoms with Crippen LogP contribution in [0.4, 0.5) is 0 Å². The van der Waals surface area contributed by atoms with Gasteiger partial charge in [0.2, 0.25) is 11.8 Å². The van der Waals surface area contributed by atoms with Crippen molar-refractivity contribution in [2.75, 3.05) is 13.6 Å². The van der Waals surface area contributed by atoms with Gasteiger partial charge in [-0.1, -0.05) is 12.1 Å². The minimum atomic E-state index is 0.562. The Bertz CT molecular complexity index is 510. The van der Waals surface area contributed by atoms with Gasteiger partial charge in [-0.05, 0) is 41.5 Å². The monoisotopic (exact) mass is 295 g/mol. The molecule has 2 rings (SSSR count). The highest BCUT2D eigenvalue weighted by atomic mass is 79.9. The van der Waals surface area contributed by atoms with E-state index in [1.807, 2.05) is 32.2 Å². The summed E-state index contributed by atoms with van der Waals surface area (Å²) in [4.78, 5) is 0. The van der Waals surface area contributed by atoms with E-state index in [-0.39, 0.29) is 0 Å². The fourth-order valence-corrected chi connectivity index (χ4v) is 1.94. The topological polar surface area (TPSA) is 51.0 Å². The van der Waals surface area contributed by atoms with E-state index in [9.17, 15) is 0 Å². The summed E-state index contributed by atoms with van der Waals surface area (Å²) in [6.07, 6.45) is 0.743. The standard InChI is InChI=1S/C12H14BrN3O/c1-8-4-3-5-9(11(8)13)12-16-15-10(17-12)6-7-14-2/h3-5,14H,6-7H2,1-2H3. The number of benzene rings is 1. The van der Waals surface area contributed by atoms with Crippen molar-refractivity contribution in [2.24, 2.45) is 0 Å². The predicted molar refractivity (Wildman–Crippen MR) is 69.8 cm³/mol. The van der Waals surface area contributed by atoms with Crippen molar-refractivity contribution in [3.8, 4) is 11.5 Å². The van der Waals surface area contributed by atoms with Crippen LogP contribution in [0, 0.1) is 6.92 Å². The van der Waals surface area contributed by atoms with Gasteiger partial charge in [-0.2, -0.15) is 0 Å². The maximum absolute atomic E-state index is 5.62. The molecule has 1 N–H and O–H groups in total. The van der Waals surface area contributed by atoms with Gasteiger partial charge < -0.3 is 9.73 Å². The molecule has 0 aliphatic heterocycles. The zero-order valence-corrected chi connectivity index (χ0v) is 11.4. The number of aromatic nitrogens is 2. The minimum absolute atomic E-state index is 0.562. The molecular weight excluding hydrogens is 282 g/mol. The van der Waals surface area contributed by atoms with Gasteiger partial charge in [0.05, 0.1) is 5.56 Å². The largest absolute Gasteiger partial charge is 0.421 e. The van der Waals surface area contributed by atoms with E-state index < -0.39 is 0 Å². The smallest absolute Gasteiger partial charge is 0.248 e. The third kappa shape index (κ3) is 2.73. The van der Waals surface area contributed by atoms with Crippen molar-refractivity contribution in [1.82, 2.24) is 15.5 Å². The van der Waals surface area contributed by atoms with Gasteiger partial charge in [0, 0.05) is 17.4 Å². The summed E-state index contributed by atoms with van der Waals surface area (Å²) >= 11 is 3.54. The zero-order valence-electron chi connectivity index (χ0n) is 9.83. The number of hydrogen-bond donors (Lipinski definition) is 1. The molecule has 0 aliphatic rings. The summed E-state index contributed by atoms with van der Waals surface area (Å²) in [5.41, 5.74) is 2.09. The second-order valence-corrected chi connectivity index (χ2v) is 4.58. The van der Waals surface area contributed by atoms with Crippen LogP contribution < -0.4 is 5.32 Å². The molecule has 0 bridgehead atoms. The van der Waals surface area contributed by atoms with Crippen molar-refractivity contribution < 1.29 is 4.42 Å². The lowest BCUT2D eigenvalue weighted by Gasteiger charge is -2.01. The Morgan fingerprint density at radius 3 is 2.94 bits per heavy atom. The molecule has 0 spiro atoms. The Morgan fingerprint density at radius 2 is 2.18 bits per heavy atom. The van der Waals surface area contributed by atoms with E-state index in [2.05, 4.69) is 31.4 Å². The van der Waals surface area contributed by atoms with E-state index in [1.165, 1.54) is 0 Å². The van der Waals surface area contributed by atoms with Crippen LogP contribution in [-0.4, -0.2) is 23.8 Å². The zero-order chi connectivity index (χ0) is 12.3. The van der Waals surface area contributed by atoms with Gasteiger partial charge in [0.25, 0.3) is 0 Å². The number of likely N-dealkylation sites (N-methyl/N-ethyl adjacent to an activating group) is 1. The molecule has 1 aromatic carbocycles. The Hall–Kier alpha value is -1.20. The van der Waals surface area contributed by atoms with Crippen molar-refractivity contribution in [1.29, 1.82) is 0 Å². The Labute approximate surface area is 109 Å². The van der Waals surface area contributed by atoms with Crippen LogP contribution in [-0.2, 0) is 6.42 Å². The Morgan fingerprint density at radius 1 is 1.35 bits per heavy atom. The van der Waals surface area contributed by atoms with Gasteiger partial charge in [0.15, 0.2) is 0 Å². The van der Waals surface area contributed by atoms with Crippen LogP contribution in [0.15, 0.2) is 27.1 Å². The molecule has 0 atom stereocenters. The summed E-state index contributed by atoms with van der Waals surface area (Å²) in [5.74, 6) is 1.22. The first-order valence-corrected chi connectivity index (χ1v) is 6.24. The molecule has 5 heteroatoms.